The molecule has 1 N–H and O–H groups in total. The Hall–Kier alpha value is -4.13. The van der Waals surface area contributed by atoms with Gasteiger partial charge in [0.2, 0.25) is 0 Å². The van der Waals surface area contributed by atoms with Crippen LogP contribution in [0.4, 0.5) is 10.1 Å². The molecule has 0 bridgehead atoms. The molecule has 0 radical (unpaired) electrons. The predicted octanol–water partition coefficient (Wildman–Crippen LogP) is 5.25. The zero-order chi connectivity index (χ0) is 24.2. The average molecular weight is 461 g/mol. The normalized spacial score (nSPS) is 17.1. The highest BCUT2D eigenvalue weighted by atomic mass is 19.1. The van der Waals surface area contributed by atoms with E-state index in [1.54, 1.807) is 48.5 Å². The smallest absolute Gasteiger partial charge is 0.300 e. The van der Waals surface area contributed by atoms with Gasteiger partial charge in [-0.2, -0.15) is 0 Å². The van der Waals surface area contributed by atoms with Crippen LogP contribution in [0.5, 0.6) is 11.5 Å². The van der Waals surface area contributed by atoms with Crippen LogP contribution in [0.3, 0.4) is 0 Å². The van der Waals surface area contributed by atoms with Gasteiger partial charge in [0.25, 0.3) is 11.7 Å². The summed E-state index contributed by atoms with van der Waals surface area (Å²) in [6.45, 7) is 2.49. The van der Waals surface area contributed by atoms with Crippen molar-refractivity contribution in [1.82, 2.24) is 0 Å². The first kappa shape index (κ1) is 23.0. The molecule has 6 nitrogen and oxygen atoms in total. The topological polar surface area (TPSA) is 76.1 Å². The largest absolute Gasteiger partial charge is 0.507 e. The molecule has 0 saturated carbocycles. The monoisotopic (exact) mass is 461 g/mol. The van der Waals surface area contributed by atoms with Crippen LogP contribution in [0.25, 0.3) is 5.76 Å². The first-order valence-corrected chi connectivity index (χ1v) is 10.9. The van der Waals surface area contributed by atoms with Gasteiger partial charge >= 0.3 is 0 Å². The quantitative estimate of drug-likeness (QED) is 0.296. The number of carbonyl (C=O) groups excluding carboxylic acids is 2. The van der Waals surface area contributed by atoms with Gasteiger partial charge in [-0.25, -0.2) is 4.39 Å². The van der Waals surface area contributed by atoms with Gasteiger partial charge in [0.05, 0.1) is 25.3 Å². The highest BCUT2D eigenvalue weighted by Crippen LogP contribution is 2.43. The van der Waals surface area contributed by atoms with Gasteiger partial charge in [-0.15, -0.1) is 0 Å². The number of ketones is 1. The minimum atomic E-state index is -0.929. The molecule has 3 aromatic carbocycles. The van der Waals surface area contributed by atoms with Gasteiger partial charge in [0, 0.05) is 17.3 Å². The Labute approximate surface area is 196 Å². The number of aliphatic hydroxyl groups excluding tert-OH is 1. The molecule has 4 rings (SSSR count). The van der Waals surface area contributed by atoms with Crippen molar-refractivity contribution in [2.24, 2.45) is 0 Å². The number of methoxy groups -OCH3 is 1. The lowest BCUT2D eigenvalue weighted by atomic mass is 9.95. The third kappa shape index (κ3) is 4.37. The fourth-order valence-corrected chi connectivity index (χ4v) is 3.93. The van der Waals surface area contributed by atoms with Crippen LogP contribution in [-0.2, 0) is 9.59 Å². The van der Waals surface area contributed by atoms with E-state index in [9.17, 15) is 19.1 Å². The van der Waals surface area contributed by atoms with Crippen molar-refractivity contribution in [2.45, 2.75) is 19.4 Å². The number of carbonyl (C=O) groups is 2. The molecule has 1 aliphatic rings. The summed E-state index contributed by atoms with van der Waals surface area (Å²) >= 11 is 0. The number of ether oxygens (including phenoxy) is 2. The van der Waals surface area contributed by atoms with Crippen molar-refractivity contribution in [2.75, 3.05) is 18.6 Å². The van der Waals surface area contributed by atoms with Crippen LogP contribution in [0.15, 0.2) is 78.4 Å². The van der Waals surface area contributed by atoms with E-state index in [4.69, 9.17) is 9.47 Å². The van der Waals surface area contributed by atoms with Gasteiger partial charge in [-0.3, -0.25) is 14.5 Å². The lowest BCUT2D eigenvalue weighted by Crippen LogP contribution is -2.29. The van der Waals surface area contributed by atoms with Gasteiger partial charge in [0.15, 0.2) is 0 Å². The van der Waals surface area contributed by atoms with E-state index < -0.39 is 23.5 Å². The number of rotatable bonds is 7. The zero-order valence-corrected chi connectivity index (χ0v) is 18.8. The van der Waals surface area contributed by atoms with Crippen LogP contribution in [0.1, 0.15) is 30.5 Å². The maximum absolute atomic E-state index is 13.4. The van der Waals surface area contributed by atoms with E-state index in [2.05, 4.69) is 0 Å². The number of anilines is 1. The highest BCUT2D eigenvalue weighted by molar-refractivity contribution is 6.51. The summed E-state index contributed by atoms with van der Waals surface area (Å²) in [5, 5.41) is 11.1. The fraction of sp³-hybridized carbons (Fsp3) is 0.185. The van der Waals surface area contributed by atoms with Gasteiger partial charge < -0.3 is 14.6 Å². The summed E-state index contributed by atoms with van der Waals surface area (Å²) in [6, 6.07) is 18.0. The van der Waals surface area contributed by atoms with E-state index in [-0.39, 0.29) is 16.9 Å². The van der Waals surface area contributed by atoms with Gasteiger partial charge in [0.1, 0.15) is 23.1 Å². The summed E-state index contributed by atoms with van der Waals surface area (Å²) in [5.74, 6) is -1.40. The van der Waals surface area contributed by atoms with E-state index in [0.29, 0.717) is 29.4 Å². The second kappa shape index (κ2) is 9.79. The Morgan fingerprint density at radius 2 is 1.71 bits per heavy atom. The van der Waals surface area contributed by atoms with Crippen LogP contribution < -0.4 is 14.4 Å². The zero-order valence-electron chi connectivity index (χ0n) is 18.8. The minimum Gasteiger partial charge on any atom is -0.507 e. The maximum Gasteiger partial charge on any atom is 0.300 e. The molecule has 1 saturated heterocycles. The summed E-state index contributed by atoms with van der Waals surface area (Å²) in [5.41, 5.74) is 1.15. The van der Waals surface area contributed by atoms with E-state index in [1.165, 1.54) is 36.3 Å². The first-order chi connectivity index (χ1) is 16.4. The molecule has 1 aliphatic heterocycles. The Kier molecular flexibility index (Phi) is 6.63. The SMILES string of the molecule is CCCOc1cccc(N2C(=O)C(=O)/C(=C(/O)c3ccc(F)cc3)C2c2cccc(OC)c2)c1. The number of halogens is 1. The van der Waals surface area contributed by atoms with Crippen LogP contribution in [0, 0.1) is 5.82 Å². The maximum atomic E-state index is 13.4. The van der Waals surface area contributed by atoms with Crippen molar-refractivity contribution in [3.05, 3.63) is 95.3 Å². The molecule has 174 valence electrons. The molecule has 1 fully saturated rings. The molecule has 0 aromatic heterocycles. The molecule has 34 heavy (non-hydrogen) atoms. The van der Waals surface area contributed by atoms with Crippen molar-refractivity contribution < 1.29 is 28.6 Å². The molecule has 1 amide bonds. The molecule has 1 heterocycles. The molecular formula is C27H24FNO5. The number of aliphatic hydroxyl groups is 1. The van der Waals surface area contributed by atoms with Crippen molar-refractivity contribution in [3.63, 3.8) is 0 Å². The second-order valence-electron chi connectivity index (χ2n) is 7.80. The predicted molar refractivity (Wildman–Crippen MR) is 126 cm³/mol. The number of Topliss-reactive ketones (excluding diaryl/α,β-unsaturated/α-hetero) is 1. The molecule has 0 spiro atoms. The summed E-state index contributed by atoms with van der Waals surface area (Å²) in [4.78, 5) is 27.8. The average Bonchev–Trinajstić information content (AvgIpc) is 3.13. The van der Waals surface area contributed by atoms with Crippen LogP contribution >= 0.6 is 0 Å². The number of hydrogen-bond donors (Lipinski definition) is 1. The van der Waals surface area contributed by atoms with Crippen molar-refractivity contribution in [1.29, 1.82) is 0 Å². The number of amides is 1. The summed E-state index contributed by atoms with van der Waals surface area (Å²) in [6.07, 6.45) is 0.816. The van der Waals surface area contributed by atoms with E-state index >= 15 is 0 Å². The molecule has 1 atom stereocenters. The molecule has 1 unspecified atom stereocenters. The number of benzene rings is 3. The lowest BCUT2D eigenvalue weighted by molar-refractivity contribution is -0.132. The third-order valence-corrected chi connectivity index (χ3v) is 5.54. The number of nitrogens with zero attached hydrogens (tertiary/aromatic N) is 1. The van der Waals surface area contributed by atoms with E-state index in [1.807, 2.05) is 6.92 Å². The molecule has 3 aromatic rings. The van der Waals surface area contributed by atoms with Gasteiger partial charge in [-0.05, 0) is 60.5 Å². The van der Waals surface area contributed by atoms with Crippen LogP contribution in [0.2, 0.25) is 0 Å². The Morgan fingerprint density at radius 3 is 2.41 bits per heavy atom. The second-order valence-corrected chi connectivity index (χ2v) is 7.80. The lowest BCUT2D eigenvalue weighted by Gasteiger charge is -2.26. The molecular weight excluding hydrogens is 437 g/mol. The highest BCUT2D eigenvalue weighted by Gasteiger charge is 2.47. The first-order valence-electron chi connectivity index (χ1n) is 10.9. The van der Waals surface area contributed by atoms with Crippen molar-refractivity contribution in [3.8, 4) is 11.5 Å². The molecule has 0 aliphatic carbocycles. The van der Waals surface area contributed by atoms with E-state index in [0.717, 1.165) is 6.42 Å². The fourth-order valence-electron chi connectivity index (χ4n) is 3.93. The van der Waals surface area contributed by atoms with Crippen LogP contribution in [-0.4, -0.2) is 30.5 Å². The summed E-state index contributed by atoms with van der Waals surface area (Å²) in [7, 11) is 1.52. The van der Waals surface area contributed by atoms with Gasteiger partial charge in [-0.1, -0.05) is 25.1 Å². The Morgan fingerprint density at radius 1 is 1.00 bits per heavy atom. The van der Waals surface area contributed by atoms with Crippen molar-refractivity contribution >= 4 is 23.1 Å². The Bertz CT molecular complexity index is 1250. The third-order valence-electron chi connectivity index (χ3n) is 5.54. The Balaban J connectivity index is 1.90. The standard InChI is InChI=1S/C27H24FNO5/c1-3-14-34-22-9-5-7-20(16-22)29-24(18-6-4-8-21(15-18)33-2)23(26(31)27(29)32)25(30)17-10-12-19(28)13-11-17/h4-13,15-16,24,30H,3,14H2,1-2H3/b25-23+. The molecule has 7 heteroatoms. The minimum absolute atomic E-state index is 0.0928. The summed E-state index contributed by atoms with van der Waals surface area (Å²) < 4.78 is 24.5. The number of hydrogen-bond acceptors (Lipinski definition) is 5.